The lowest BCUT2D eigenvalue weighted by atomic mass is 9.78. The van der Waals surface area contributed by atoms with Crippen LogP contribution in [0.15, 0.2) is 0 Å². The fraction of sp³-hybridized carbons (Fsp3) is 1.00. The molecular formula is C10H19Cl3Si. The Bertz CT molecular complexity index is 167. The fourth-order valence-corrected chi connectivity index (χ4v) is 7.92. The van der Waals surface area contributed by atoms with Gasteiger partial charge < -0.3 is 0 Å². The minimum atomic E-state index is -2.51. The van der Waals surface area contributed by atoms with Gasteiger partial charge >= 0.3 is 6.00 Å². The zero-order valence-corrected chi connectivity index (χ0v) is 12.2. The average molecular weight is 274 g/mol. The summed E-state index contributed by atoms with van der Waals surface area (Å²) in [6.45, 7) is 4.45. The van der Waals surface area contributed by atoms with Crippen molar-refractivity contribution < 1.29 is 0 Å². The highest BCUT2D eigenvalue weighted by Crippen LogP contribution is 2.52. The molecule has 2 unspecified atom stereocenters. The van der Waals surface area contributed by atoms with Crippen molar-refractivity contribution in [3.05, 3.63) is 0 Å². The Kier molecular flexibility index (Phi) is 5.10. The SMILES string of the molecule is CCC1CCCC(CC)C1[Si](Cl)(Cl)Cl. The predicted octanol–water partition coefficient (Wildman–Crippen LogP) is 5.25. The quantitative estimate of drug-likeness (QED) is 0.487. The summed E-state index contributed by atoms with van der Waals surface area (Å²) in [4.78, 5) is 0. The first-order chi connectivity index (χ1) is 6.50. The lowest BCUT2D eigenvalue weighted by Crippen LogP contribution is -2.35. The van der Waals surface area contributed by atoms with Crippen molar-refractivity contribution in [1.82, 2.24) is 0 Å². The topological polar surface area (TPSA) is 0 Å². The highest BCUT2D eigenvalue weighted by molar-refractivity contribution is 7.65. The van der Waals surface area contributed by atoms with Crippen LogP contribution in [0.25, 0.3) is 0 Å². The molecule has 0 aromatic rings. The van der Waals surface area contributed by atoms with E-state index >= 15 is 0 Å². The molecule has 1 saturated carbocycles. The number of hydrogen-bond acceptors (Lipinski definition) is 0. The minimum Gasteiger partial charge on any atom is -0.126 e. The maximum atomic E-state index is 6.23. The molecule has 0 bridgehead atoms. The van der Waals surface area contributed by atoms with E-state index in [9.17, 15) is 0 Å². The van der Waals surface area contributed by atoms with E-state index in [2.05, 4.69) is 13.8 Å². The Hall–Kier alpha value is 1.09. The van der Waals surface area contributed by atoms with Gasteiger partial charge in [0.1, 0.15) is 0 Å². The van der Waals surface area contributed by atoms with E-state index in [-0.39, 0.29) is 0 Å². The van der Waals surface area contributed by atoms with Crippen LogP contribution in [0.4, 0.5) is 0 Å². The summed E-state index contributed by atoms with van der Waals surface area (Å²) in [7, 11) is 0. The minimum absolute atomic E-state index is 0.399. The molecule has 0 aromatic heterocycles. The number of rotatable bonds is 3. The van der Waals surface area contributed by atoms with Crippen LogP contribution in [0.2, 0.25) is 5.54 Å². The van der Waals surface area contributed by atoms with Gasteiger partial charge in [0, 0.05) is 5.54 Å². The Labute approximate surface area is 102 Å². The molecule has 0 heterocycles. The molecule has 0 radical (unpaired) electrons. The fourth-order valence-electron chi connectivity index (χ4n) is 2.84. The Balaban J connectivity index is 2.78. The van der Waals surface area contributed by atoms with Gasteiger partial charge in [0.2, 0.25) is 0 Å². The molecule has 84 valence electrons. The molecule has 4 heteroatoms. The molecule has 0 aliphatic heterocycles. The third kappa shape index (κ3) is 3.04. The van der Waals surface area contributed by atoms with Gasteiger partial charge in [-0.1, -0.05) is 46.0 Å². The molecule has 0 spiro atoms. The zero-order valence-electron chi connectivity index (χ0n) is 8.90. The maximum absolute atomic E-state index is 6.23. The van der Waals surface area contributed by atoms with Gasteiger partial charge in [0.05, 0.1) is 0 Å². The first kappa shape index (κ1) is 13.2. The van der Waals surface area contributed by atoms with Gasteiger partial charge in [-0.3, -0.25) is 0 Å². The van der Waals surface area contributed by atoms with Gasteiger partial charge in [-0.2, -0.15) is 0 Å². The van der Waals surface area contributed by atoms with Gasteiger partial charge in [0.15, 0.2) is 0 Å². The standard InChI is InChI=1S/C10H19Cl3Si/c1-3-8-6-5-7-9(4-2)10(8)14(11,12)13/h8-10H,3-7H2,1-2H3. The van der Waals surface area contributed by atoms with Crippen LogP contribution in [-0.4, -0.2) is 6.00 Å². The Morgan fingerprint density at radius 2 is 1.43 bits per heavy atom. The first-order valence-corrected chi connectivity index (χ1v) is 10.7. The van der Waals surface area contributed by atoms with Crippen molar-refractivity contribution in [3.8, 4) is 0 Å². The van der Waals surface area contributed by atoms with Crippen molar-refractivity contribution in [2.24, 2.45) is 11.8 Å². The molecule has 1 aliphatic rings. The molecule has 0 amide bonds. The van der Waals surface area contributed by atoms with Crippen molar-refractivity contribution in [2.75, 3.05) is 0 Å². The van der Waals surface area contributed by atoms with E-state index < -0.39 is 6.00 Å². The summed E-state index contributed by atoms with van der Waals surface area (Å²) >= 11 is 18.7. The maximum Gasteiger partial charge on any atom is 0.344 e. The molecule has 1 rings (SSSR count). The lowest BCUT2D eigenvalue weighted by Gasteiger charge is -2.40. The molecule has 0 aromatic carbocycles. The van der Waals surface area contributed by atoms with Crippen molar-refractivity contribution in [1.29, 1.82) is 0 Å². The molecular weight excluding hydrogens is 255 g/mol. The average Bonchev–Trinajstić information content (AvgIpc) is 2.15. The van der Waals surface area contributed by atoms with Crippen LogP contribution in [0.1, 0.15) is 46.0 Å². The van der Waals surface area contributed by atoms with E-state index in [4.69, 9.17) is 33.2 Å². The second-order valence-corrected chi connectivity index (χ2v) is 13.2. The summed E-state index contributed by atoms with van der Waals surface area (Å²) < 4.78 is 0. The predicted molar refractivity (Wildman–Crippen MR) is 68.5 cm³/mol. The molecule has 1 aliphatic carbocycles. The van der Waals surface area contributed by atoms with Crippen molar-refractivity contribution in [3.63, 3.8) is 0 Å². The monoisotopic (exact) mass is 272 g/mol. The van der Waals surface area contributed by atoms with Gasteiger partial charge in [-0.25, -0.2) is 0 Å². The Morgan fingerprint density at radius 3 is 1.71 bits per heavy atom. The van der Waals surface area contributed by atoms with Crippen molar-refractivity contribution in [2.45, 2.75) is 51.5 Å². The van der Waals surface area contributed by atoms with Gasteiger partial charge in [0.25, 0.3) is 0 Å². The second kappa shape index (κ2) is 5.43. The largest absolute Gasteiger partial charge is 0.344 e. The van der Waals surface area contributed by atoms with E-state index in [0.29, 0.717) is 17.4 Å². The van der Waals surface area contributed by atoms with E-state index in [0.717, 1.165) is 0 Å². The van der Waals surface area contributed by atoms with Crippen LogP contribution in [0.5, 0.6) is 0 Å². The first-order valence-electron chi connectivity index (χ1n) is 5.57. The highest BCUT2D eigenvalue weighted by atomic mass is 35.8. The highest BCUT2D eigenvalue weighted by Gasteiger charge is 2.46. The molecule has 2 atom stereocenters. The van der Waals surface area contributed by atoms with Crippen LogP contribution < -0.4 is 0 Å². The van der Waals surface area contributed by atoms with Crippen molar-refractivity contribution >= 4 is 39.2 Å². The van der Waals surface area contributed by atoms with E-state index in [1.165, 1.54) is 32.1 Å². The summed E-state index contributed by atoms with van der Waals surface area (Å²) in [5, 5.41) is 0. The second-order valence-electron chi connectivity index (χ2n) is 4.33. The summed E-state index contributed by atoms with van der Waals surface area (Å²) in [5.74, 6) is 1.32. The lowest BCUT2D eigenvalue weighted by molar-refractivity contribution is 0.254. The molecule has 0 N–H and O–H groups in total. The normalized spacial score (nSPS) is 34.5. The van der Waals surface area contributed by atoms with Gasteiger partial charge in [-0.15, -0.1) is 33.2 Å². The Morgan fingerprint density at radius 1 is 1.00 bits per heavy atom. The molecule has 0 saturated heterocycles. The summed E-state index contributed by atoms with van der Waals surface area (Å²) in [6, 6.07) is -2.51. The molecule has 0 nitrogen and oxygen atoms in total. The number of hydrogen-bond donors (Lipinski definition) is 0. The zero-order chi connectivity index (χ0) is 10.8. The van der Waals surface area contributed by atoms with Crippen LogP contribution >= 0.6 is 33.2 Å². The van der Waals surface area contributed by atoms with Crippen LogP contribution in [0.3, 0.4) is 0 Å². The van der Waals surface area contributed by atoms with Gasteiger partial charge in [-0.05, 0) is 11.8 Å². The van der Waals surface area contributed by atoms with Crippen LogP contribution in [0, 0.1) is 11.8 Å². The van der Waals surface area contributed by atoms with E-state index in [1.807, 2.05) is 0 Å². The van der Waals surface area contributed by atoms with E-state index in [1.54, 1.807) is 0 Å². The summed E-state index contributed by atoms with van der Waals surface area (Å²) in [5.41, 5.74) is 0.399. The third-order valence-corrected chi connectivity index (χ3v) is 7.56. The molecule has 1 fully saturated rings. The third-order valence-electron chi connectivity index (χ3n) is 3.59. The summed E-state index contributed by atoms with van der Waals surface area (Å²) in [6.07, 6.45) is 6.18. The van der Waals surface area contributed by atoms with Crippen LogP contribution in [-0.2, 0) is 0 Å². The number of halogens is 3. The molecule has 14 heavy (non-hydrogen) atoms. The smallest absolute Gasteiger partial charge is 0.126 e.